The summed E-state index contributed by atoms with van der Waals surface area (Å²) in [7, 11) is 0. The van der Waals surface area contributed by atoms with Gasteiger partial charge in [-0.25, -0.2) is 4.39 Å². The average Bonchev–Trinajstić information content (AvgIpc) is 2.45. The van der Waals surface area contributed by atoms with Gasteiger partial charge >= 0.3 is 0 Å². The maximum Gasteiger partial charge on any atom is 0.222 e. The second-order valence-corrected chi connectivity index (χ2v) is 5.34. The topological polar surface area (TPSA) is 49.6 Å². The standard InChI is InChI=1S/C15H22FN3O.2ClH/c1-12(17)6-7-15(20)19-10-8-18(9-11-19)14-5-3-2-4-13(14)16;;/h2-5,12H,6-11,17H2,1H3;2*1H. The Balaban J connectivity index is 0.00000220. The summed E-state index contributed by atoms with van der Waals surface area (Å²) < 4.78 is 13.7. The Morgan fingerprint density at radius 1 is 1.23 bits per heavy atom. The molecule has 0 spiro atoms. The van der Waals surface area contributed by atoms with Crippen molar-refractivity contribution in [2.75, 3.05) is 31.1 Å². The molecule has 1 fully saturated rings. The second kappa shape index (κ2) is 9.87. The van der Waals surface area contributed by atoms with Crippen LogP contribution in [0.1, 0.15) is 19.8 Å². The number of hydrogen-bond acceptors (Lipinski definition) is 3. The van der Waals surface area contributed by atoms with Gasteiger partial charge < -0.3 is 15.5 Å². The number of anilines is 1. The van der Waals surface area contributed by atoms with E-state index in [1.807, 2.05) is 22.8 Å². The zero-order valence-corrected chi connectivity index (χ0v) is 14.3. The molecule has 1 aliphatic rings. The Kier molecular flexibility index (Phi) is 9.41. The van der Waals surface area contributed by atoms with Gasteiger partial charge in [0.25, 0.3) is 0 Å². The van der Waals surface area contributed by atoms with Gasteiger partial charge in [0.05, 0.1) is 5.69 Å². The number of rotatable bonds is 4. The summed E-state index contributed by atoms with van der Waals surface area (Å²) >= 11 is 0. The summed E-state index contributed by atoms with van der Waals surface area (Å²) in [6.07, 6.45) is 1.21. The third kappa shape index (κ3) is 5.63. The number of amides is 1. The lowest BCUT2D eigenvalue weighted by Gasteiger charge is -2.36. The highest BCUT2D eigenvalue weighted by Gasteiger charge is 2.22. The van der Waals surface area contributed by atoms with Crippen LogP contribution in [-0.4, -0.2) is 43.0 Å². The Hall–Kier alpha value is -1.04. The van der Waals surface area contributed by atoms with Crippen LogP contribution in [0.4, 0.5) is 10.1 Å². The zero-order chi connectivity index (χ0) is 14.5. The molecule has 126 valence electrons. The molecule has 1 amide bonds. The first-order valence-electron chi connectivity index (χ1n) is 7.11. The monoisotopic (exact) mass is 351 g/mol. The zero-order valence-electron chi connectivity index (χ0n) is 12.7. The molecular formula is C15H24Cl2FN3O. The molecular weight excluding hydrogens is 328 g/mol. The van der Waals surface area contributed by atoms with Gasteiger partial charge in [-0.05, 0) is 25.5 Å². The molecule has 4 nitrogen and oxygen atoms in total. The molecule has 22 heavy (non-hydrogen) atoms. The van der Waals surface area contributed by atoms with Crippen molar-refractivity contribution >= 4 is 36.4 Å². The van der Waals surface area contributed by atoms with Gasteiger partial charge in [0.2, 0.25) is 5.91 Å². The molecule has 0 radical (unpaired) electrons. The molecule has 1 aromatic carbocycles. The molecule has 1 aromatic rings. The van der Waals surface area contributed by atoms with Gasteiger partial charge in [-0.2, -0.15) is 0 Å². The van der Waals surface area contributed by atoms with Gasteiger partial charge in [-0.15, -0.1) is 24.8 Å². The minimum atomic E-state index is -0.204. The minimum absolute atomic E-state index is 0. The van der Waals surface area contributed by atoms with E-state index >= 15 is 0 Å². The first-order chi connectivity index (χ1) is 9.58. The summed E-state index contributed by atoms with van der Waals surface area (Å²) in [6.45, 7) is 4.54. The number of halogens is 3. The number of benzene rings is 1. The quantitative estimate of drug-likeness (QED) is 0.906. The van der Waals surface area contributed by atoms with Crippen molar-refractivity contribution in [1.29, 1.82) is 0 Å². The molecule has 1 atom stereocenters. The summed E-state index contributed by atoms with van der Waals surface area (Å²) in [5, 5.41) is 0. The first-order valence-corrected chi connectivity index (χ1v) is 7.11. The lowest BCUT2D eigenvalue weighted by molar-refractivity contribution is -0.131. The molecule has 1 saturated heterocycles. The Labute approximate surface area is 143 Å². The summed E-state index contributed by atoms with van der Waals surface area (Å²) in [6, 6.07) is 6.82. The van der Waals surface area contributed by atoms with Gasteiger partial charge in [0.1, 0.15) is 5.82 Å². The van der Waals surface area contributed by atoms with E-state index in [-0.39, 0.29) is 42.6 Å². The lowest BCUT2D eigenvalue weighted by Crippen LogP contribution is -2.49. The van der Waals surface area contributed by atoms with Gasteiger partial charge in [0, 0.05) is 38.6 Å². The van der Waals surface area contributed by atoms with Crippen LogP contribution in [0.25, 0.3) is 0 Å². The lowest BCUT2D eigenvalue weighted by atomic mass is 10.1. The number of nitrogens with zero attached hydrogens (tertiary/aromatic N) is 2. The third-order valence-corrected chi connectivity index (χ3v) is 3.64. The minimum Gasteiger partial charge on any atom is -0.366 e. The van der Waals surface area contributed by atoms with Gasteiger partial charge in [-0.3, -0.25) is 4.79 Å². The van der Waals surface area contributed by atoms with E-state index in [0.717, 1.165) is 0 Å². The highest BCUT2D eigenvalue weighted by Crippen LogP contribution is 2.20. The normalized spacial score (nSPS) is 15.6. The average molecular weight is 352 g/mol. The van der Waals surface area contributed by atoms with Crippen LogP contribution in [0, 0.1) is 5.82 Å². The molecule has 0 aromatic heterocycles. The highest BCUT2D eigenvalue weighted by molar-refractivity contribution is 5.85. The van der Waals surface area contributed by atoms with Crippen molar-refractivity contribution in [2.24, 2.45) is 5.73 Å². The van der Waals surface area contributed by atoms with Crippen molar-refractivity contribution in [2.45, 2.75) is 25.8 Å². The van der Waals surface area contributed by atoms with Crippen LogP contribution in [-0.2, 0) is 4.79 Å². The number of para-hydroxylation sites is 1. The molecule has 0 saturated carbocycles. The van der Waals surface area contributed by atoms with Crippen LogP contribution in [0.15, 0.2) is 24.3 Å². The number of piperazine rings is 1. The van der Waals surface area contributed by atoms with Crippen molar-refractivity contribution in [3.05, 3.63) is 30.1 Å². The smallest absolute Gasteiger partial charge is 0.222 e. The molecule has 0 aliphatic carbocycles. The summed E-state index contributed by atoms with van der Waals surface area (Å²) in [4.78, 5) is 15.8. The molecule has 0 bridgehead atoms. The number of nitrogens with two attached hydrogens (primary N) is 1. The Morgan fingerprint density at radius 2 is 1.82 bits per heavy atom. The maximum atomic E-state index is 13.7. The molecule has 7 heteroatoms. The fourth-order valence-electron chi connectivity index (χ4n) is 2.41. The van der Waals surface area contributed by atoms with Crippen molar-refractivity contribution in [1.82, 2.24) is 4.90 Å². The fourth-order valence-corrected chi connectivity index (χ4v) is 2.41. The highest BCUT2D eigenvalue weighted by atomic mass is 35.5. The van der Waals surface area contributed by atoms with Crippen LogP contribution in [0.3, 0.4) is 0 Å². The number of hydrogen-bond donors (Lipinski definition) is 1. The fraction of sp³-hybridized carbons (Fsp3) is 0.533. The van der Waals surface area contributed by atoms with E-state index in [2.05, 4.69) is 0 Å². The molecule has 1 aliphatic heterocycles. The third-order valence-electron chi connectivity index (χ3n) is 3.64. The molecule has 1 unspecified atom stereocenters. The molecule has 2 rings (SSSR count). The van der Waals surface area contributed by atoms with E-state index < -0.39 is 0 Å². The van der Waals surface area contributed by atoms with Crippen molar-refractivity contribution in [3.8, 4) is 0 Å². The van der Waals surface area contributed by atoms with E-state index in [4.69, 9.17) is 5.73 Å². The van der Waals surface area contributed by atoms with E-state index in [1.165, 1.54) is 6.07 Å². The first kappa shape index (κ1) is 21.0. The summed E-state index contributed by atoms with van der Waals surface area (Å²) in [5.41, 5.74) is 6.28. The van der Waals surface area contributed by atoms with Crippen molar-refractivity contribution < 1.29 is 9.18 Å². The summed E-state index contributed by atoms with van der Waals surface area (Å²) in [5.74, 6) is -0.0558. The maximum absolute atomic E-state index is 13.7. The number of carbonyl (C=O) groups excluding carboxylic acids is 1. The van der Waals surface area contributed by atoms with E-state index in [1.54, 1.807) is 12.1 Å². The van der Waals surface area contributed by atoms with E-state index in [0.29, 0.717) is 44.7 Å². The SMILES string of the molecule is CC(N)CCC(=O)N1CCN(c2ccccc2F)CC1.Cl.Cl. The number of carbonyl (C=O) groups is 1. The van der Waals surface area contributed by atoms with E-state index in [9.17, 15) is 9.18 Å². The second-order valence-electron chi connectivity index (χ2n) is 5.34. The largest absolute Gasteiger partial charge is 0.366 e. The van der Waals surface area contributed by atoms with Gasteiger partial charge in [-0.1, -0.05) is 12.1 Å². The Morgan fingerprint density at radius 3 is 2.36 bits per heavy atom. The predicted molar refractivity (Wildman–Crippen MR) is 92.6 cm³/mol. The molecule has 2 N–H and O–H groups in total. The van der Waals surface area contributed by atoms with Crippen LogP contribution < -0.4 is 10.6 Å². The Bertz CT molecular complexity index is 466. The van der Waals surface area contributed by atoms with Crippen LogP contribution >= 0.6 is 24.8 Å². The van der Waals surface area contributed by atoms with Crippen molar-refractivity contribution in [3.63, 3.8) is 0 Å². The predicted octanol–water partition coefficient (Wildman–Crippen LogP) is 2.45. The van der Waals surface area contributed by atoms with Gasteiger partial charge in [0.15, 0.2) is 0 Å². The van der Waals surface area contributed by atoms with Crippen LogP contribution in [0.5, 0.6) is 0 Å². The molecule has 1 heterocycles. The van der Waals surface area contributed by atoms with Crippen LogP contribution in [0.2, 0.25) is 0 Å².